The highest BCUT2D eigenvalue weighted by Crippen LogP contribution is 2.47. The molecule has 0 saturated heterocycles. The van der Waals surface area contributed by atoms with E-state index in [4.69, 9.17) is 18.5 Å². The number of allylic oxidation sites excluding steroid dienone is 3. The predicted molar refractivity (Wildman–Crippen MR) is 250 cm³/mol. The second-order valence-corrected chi connectivity index (χ2v) is 21.8. The van der Waals surface area contributed by atoms with Gasteiger partial charge in [-0.2, -0.15) is 0 Å². The van der Waals surface area contributed by atoms with Gasteiger partial charge in [-0.05, 0) is 88.9 Å². The van der Waals surface area contributed by atoms with Crippen molar-refractivity contribution in [2.24, 2.45) is 29.6 Å². The van der Waals surface area contributed by atoms with E-state index in [0.717, 1.165) is 61.3 Å². The van der Waals surface area contributed by atoms with Gasteiger partial charge in [-0.1, -0.05) is 149 Å². The largest absolute Gasteiger partial charge is 0.472 e. The van der Waals surface area contributed by atoms with Crippen molar-refractivity contribution in [1.82, 2.24) is 0 Å². The Hall–Kier alpha value is -0.730. The van der Waals surface area contributed by atoms with Crippen molar-refractivity contribution in [2.75, 3.05) is 26.4 Å². The van der Waals surface area contributed by atoms with E-state index in [1.165, 1.54) is 76.2 Å². The van der Waals surface area contributed by atoms with Crippen LogP contribution in [0.15, 0.2) is 23.3 Å². The zero-order valence-electron chi connectivity index (χ0n) is 40.8. The van der Waals surface area contributed by atoms with Crippen LogP contribution in [0.1, 0.15) is 185 Å². The fourth-order valence-electron chi connectivity index (χ4n) is 8.09. The van der Waals surface area contributed by atoms with Gasteiger partial charge in [0, 0.05) is 6.61 Å². The molecule has 0 aromatic carbocycles. The maximum absolute atomic E-state index is 13.0. The van der Waals surface area contributed by atoms with Crippen molar-refractivity contribution in [3.8, 4) is 0 Å². The fraction of sp³-hybridized carbons (Fsp3) is 0.918. The monoisotopic (exact) mass is 907 g/mol. The summed E-state index contributed by atoms with van der Waals surface area (Å²) in [7, 11) is -4.99. The Morgan fingerprint density at radius 1 is 0.629 bits per heavy atom. The molecule has 1 fully saturated rings. The molecule has 10 atom stereocenters. The quantitative estimate of drug-likeness (QED) is 0.0179. The first-order valence-corrected chi connectivity index (χ1v) is 25.8. The van der Waals surface area contributed by atoms with E-state index in [1.54, 1.807) is 0 Å². The molecule has 1 saturated carbocycles. The van der Waals surface area contributed by atoms with Crippen LogP contribution >= 0.6 is 7.82 Å². The van der Waals surface area contributed by atoms with E-state index in [9.17, 15) is 40.1 Å². The lowest BCUT2D eigenvalue weighted by atomic mass is 9.85. The van der Waals surface area contributed by atoms with Crippen molar-refractivity contribution in [3.63, 3.8) is 0 Å². The van der Waals surface area contributed by atoms with E-state index in [0.29, 0.717) is 18.8 Å². The molecular formula is C49H95O12P. The van der Waals surface area contributed by atoms with Crippen LogP contribution in [-0.2, 0) is 23.1 Å². The summed E-state index contributed by atoms with van der Waals surface area (Å²) in [4.78, 5) is 10.5. The van der Waals surface area contributed by atoms with E-state index >= 15 is 0 Å². The number of hydrogen-bond acceptors (Lipinski definition) is 11. The number of phosphoric acid groups is 1. The van der Waals surface area contributed by atoms with Gasteiger partial charge in [-0.25, -0.2) is 4.57 Å². The van der Waals surface area contributed by atoms with Crippen molar-refractivity contribution < 1.29 is 58.6 Å². The van der Waals surface area contributed by atoms with Gasteiger partial charge >= 0.3 is 7.82 Å². The molecule has 0 aliphatic heterocycles. The first-order valence-electron chi connectivity index (χ1n) is 24.3. The fourth-order valence-corrected chi connectivity index (χ4v) is 9.07. The summed E-state index contributed by atoms with van der Waals surface area (Å²) in [6.45, 7) is 22.1. The summed E-state index contributed by atoms with van der Waals surface area (Å²) in [5.74, 6) is 3.67. The molecule has 7 N–H and O–H groups in total. The summed E-state index contributed by atoms with van der Waals surface area (Å²) < 4.78 is 35.1. The second kappa shape index (κ2) is 32.1. The Morgan fingerprint density at radius 2 is 1.10 bits per heavy atom. The second-order valence-electron chi connectivity index (χ2n) is 20.4. The van der Waals surface area contributed by atoms with Crippen LogP contribution in [0.4, 0.5) is 0 Å². The third-order valence-electron chi connectivity index (χ3n) is 12.7. The lowest BCUT2D eigenvalue weighted by Gasteiger charge is -2.41. The molecule has 0 aromatic heterocycles. The SMILES string of the molecule is C/C(=C\CO[C@H](COCCC(C)(O)CCCC(C)CCCC(C)CCCC(C)C)COP(=O)(O)OC1C(O)C(O)C(O)C(O)C1O)CC/C=C(\C)CCCC(C)CCCC(C)C. The number of aliphatic hydroxyl groups is 6. The highest BCUT2D eigenvalue weighted by Gasteiger charge is 2.51. The number of hydrogen-bond donors (Lipinski definition) is 7. The Kier molecular flexibility index (Phi) is 30.7. The van der Waals surface area contributed by atoms with Crippen LogP contribution in [0.25, 0.3) is 0 Å². The number of aliphatic hydroxyl groups excluding tert-OH is 5. The topological polar surface area (TPSA) is 196 Å². The Morgan fingerprint density at radius 3 is 1.63 bits per heavy atom. The summed E-state index contributed by atoms with van der Waals surface area (Å²) in [5, 5.41) is 61.7. The maximum atomic E-state index is 13.0. The molecule has 0 spiro atoms. The normalized spacial score (nSPS) is 25.5. The highest BCUT2D eigenvalue weighted by atomic mass is 31.2. The molecule has 0 heterocycles. The molecule has 0 amide bonds. The average Bonchev–Trinajstić information content (AvgIpc) is 3.18. The first kappa shape index (κ1) is 59.3. The zero-order chi connectivity index (χ0) is 46.9. The van der Waals surface area contributed by atoms with E-state index < -0.39 is 62.8 Å². The molecule has 13 heteroatoms. The molecule has 1 rings (SSSR count). The molecule has 1 aliphatic carbocycles. The van der Waals surface area contributed by atoms with E-state index in [1.807, 2.05) is 19.9 Å². The van der Waals surface area contributed by atoms with Gasteiger partial charge in [0.15, 0.2) is 0 Å². The Balaban J connectivity index is 2.68. The molecule has 0 aromatic rings. The maximum Gasteiger partial charge on any atom is 0.472 e. The minimum Gasteiger partial charge on any atom is -0.390 e. The summed E-state index contributed by atoms with van der Waals surface area (Å²) in [5.41, 5.74) is 1.61. The van der Waals surface area contributed by atoms with Crippen LogP contribution in [0.2, 0.25) is 0 Å². The molecule has 62 heavy (non-hydrogen) atoms. The van der Waals surface area contributed by atoms with Crippen LogP contribution < -0.4 is 0 Å². The smallest absolute Gasteiger partial charge is 0.390 e. The minimum atomic E-state index is -4.99. The predicted octanol–water partition coefficient (Wildman–Crippen LogP) is 9.59. The van der Waals surface area contributed by atoms with E-state index in [-0.39, 0.29) is 19.8 Å². The highest BCUT2D eigenvalue weighted by molar-refractivity contribution is 7.47. The van der Waals surface area contributed by atoms with Crippen molar-refractivity contribution in [2.45, 2.75) is 233 Å². The number of ether oxygens (including phenoxy) is 2. The third-order valence-corrected chi connectivity index (χ3v) is 13.7. The van der Waals surface area contributed by atoms with Gasteiger partial charge in [-0.3, -0.25) is 9.05 Å². The number of phosphoric ester groups is 1. The summed E-state index contributed by atoms with van der Waals surface area (Å²) >= 11 is 0. The molecule has 0 bridgehead atoms. The molecular weight excluding hydrogens is 812 g/mol. The summed E-state index contributed by atoms with van der Waals surface area (Å²) in [6, 6.07) is 0. The average molecular weight is 907 g/mol. The lowest BCUT2D eigenvalue weighted by molar-refractivity contribution is -0.220. The van der Waals surface area contributed by atoms with Crippen molar-refractivity contribution >= 4 is 7.82 Å². The van der Waals surface area contributed by atoms with Crippen LogP contribution in [0.3, 0.4) is 0 Å². The molecule has 1 aliphatic rings. The summed E-state index contributed by atoms with van der Waals surface area (Å²) in [6.07, 6.45) is 11.7. The standard InChI is InChI=1S/C49H95O12P/c1-35(2)17-11-19-37(5)21-13-23-39(7)24-15-26-41(9)28-31-59-42(34-60-62(56,57)61-48-46(53)44(51)43(50)45(52)47(48)54)33-58-32-30-49(10,55)29-16-27-40(8)25-14-22-38(6)20-12-18-36(3)4/h24,28,35-38,40,42-48,50-55H,11-23,25-27,29-34H2,1-10H3,(H,56,57)/b39-24+,41-28+/t37?,38?,40?,42-,43?,44?,45?,46?,47?,48?,49?/m1/s1. The zero-order valence-corrected chi connectivity index (χ0v) is 41.7. The van der Waals surface area contributed by atoms with Gasteiger partial charge in [0.2, 0.25) is 0 Å². The van der Waals surface area contributed by atoms with Gasteiger partial charge in [0.1, 0.15) is 42.7 Å². The van der Waals surface area contributed by atoms with Crippen LogP contribution in [0.5, 0.6) is 0 Å². The Bertz CT molecular complexity index is 1240. The van der Waals surface area contributed by atoms with Crippen LogP contribution in [0, 0.1) is 29.6 Å². The van der Waals surface area contributed by atoms with Crippen molar-refractivity contribution in [3.05, 3.63) is 23.3 Å². The third kappa shape index (κ3) is 27.7. The molecule has 0 radical (unpaired) electrons. The van der Waals surface area contributed by atoms with Gasteiger partial charge in [0.05, 0.1) is 25.4 Å². The van der Waals surface area contributed by atoms with Gasteiger partial charge < -0.3 is 45.0 Å². The van der Waals surface area contributed by atoms with Crippen molar-refractivity contribution in [1.29, 1.82) is 0 Å². The van der Waals surface area contributed by atoms with Gasteiger partial charge in [-0.15, -0.1) is 0 Å². The Labute approximate surface area is 377 Å². The molecule has 368 valence electrons. The van der Waals surface area contributed by atoms with Gasteiger partial charge in [0.25, 0.3) is 0 Å². The van der Waals surface area contributed by atoms with E-state index in [2.05, 4.69) is 61.5 Å². The molecule has 9 unspecified atom stereocenters. The number of rotatable bonds is 36. The lowest BCUT2D eigenvalue weighted by Crippen LogP contribution is -2.64. The molecule has 12 nitrogen and oxygen atoms in total. The minimum absolute atomic E-state index is 0.0214. The first-order chi connectivity index (χ1) is 29.0. The van der Waals surface area contributed by atoms with Crippen LogP contribution in [-0.4, -0.2) is 110 Å².